The first kappa shape index (κ1) is 13.5. The van der Waals surface area contributed by atoms with Gasteiger partial charge in [0.25, 0.3) is 5.91 Å². The molecule has 3 rings (SSSR count). The maximum Gasteiger partial charge on any atom is 0.254 e. The van der Waals surface area contributed by atoms with Crippen molar-refractivity contribution in [3.63, 3.8) is 0 Å². The minimum absolute atomic E-state index is 0.179. The molecular weight excluding hydrogens is 262 g/mol. The summed E-state index contributed by atoms with van der Waals surface area (Å²) < 4.78 is 26.2. The SMILES string of the molecule is O=C(c1ccc(F)c(F)c1)N1CCCC1C1CCCN1. The van der Waals surface area contributed by atoms with Crippen molar-refractivity contribution in [3.8, 4) is 0 Å². The van der Waals surface area contributed by atoms with Gasteiger partial charge in [-0.3, -0.25) is 4.79 Å². The molecule has 108 valence electrons. The molecule has 1 N–H and O–H groups in total. The van der Waals surface area contributed by atoms with Crippen LogP contribution in [0.1, 0.15) is 36.0 Å². The van der Waals surface area contributed by atoms with E-state index in [2.05, 4.69) is 5.32 Å². The molecule has 0 spiro atoms. The number of nitrogens with one attached hydrogen (secondary N) is 1. The van der Waals surface area contributed by atoms with Crippen LogP contribution >= 0.6 is 0 Å². The van der Waals surface area contributed by atoms with Gasteiger partial charge in [0.05, 0.1) is 0 Å². The third kappa shape index (κ3) is 2.42. The van der Waals surface area contributed by atoms with Crippen LogP contribution in [-0.4, -0.2) is 36.0 Å². The molecule has 0 bridgehead atoms. The van der Waals surface area contributed by atoms with Crippen molar-refractivity contribution in [1.29, 1.82) is 0 Å². The molecule has 2 aliphatic heterocycles. The van der Waals surface area contributed by atoms with Gasteiger partial charge in [0.1, 0.15) is 0 Å². The molecule has 0 aliphatic carbocycles. The van der Waals surface area contributed by atoms with E-state index in [0.717, 1.165) is 44.4 Å². The molecule has 1 amide bonds. The summed E-state index contributed by atoms with van der Waals surface area (Å²) in [5.74, 6) is -2.08. The van der Waals surface area contributed by atoms with Crippen molar-refractivity contribution in [2.45, 2.75) is 37.8 Å². The topological polar surface area (TPSA) is 32.3 Å². The standard InChI is InChI=1S/C15H18F2N2O/c16-11-6-5-10(9-12(11)17)15(20)19-8-2-4-14(19)13-3-1-7-18-13/h5-6,9,13-14,18H,1-4,7-8H2. The average Bonchev–Trinajstić information content (AvgIpc) is 3.10. The van der Waals surface area contributed by atoms with Gasteiger partial charge in [-0.2, -0.15) is 0 Å². The summed E-state index contributed by atoms with van der Waals surface area (Å²) in [4.78, 5) is 14.3. The number of benzene rings is 1. The number of rotatable bonds is 2. The minimum atomic E-state index is -0.967. The van der Waals surface area contributed by atoms with Crippen molar-refractivity contribution < 1.29 is 13.6 Å². The summed E-state index contributed by atoms with van der Waals surface area (Å²) in [5.41, 5.74) is 0.230. The largest absolute Gasteiger partial charge is 0.334 e. The van der Waals surface area contributed by atoms with Crippen LogP contribution in [0.15, 0.2) is 18.2 Å². The van der Waals surface area contributed by atoms with Crippen LogP contribution in [0.3, 0.4) is 0 Å². The minimum Gasteiger partial charge on any atom is -0.334 e. The Kier molecular flexibility index (Phi) is 3.70. The van der Waals surface area contributed by atoms with Gasteiger partial charge in [-0.15, -0.1) is 0 Å². The molecule has 5 heteroatoms. The zero-order valence-corrected chi connectivity index (χ0v) is 11.2. The summed E-state index contributed by atoms with van der Waals surface area (Å²) in [6.07, 6.45) is 4.16. The van der Waals surface area contributed by atoms with Gasteiger partial charge in [-0.25, -0.2) is 8.78 Å². The summed E-state index contributed by atoms with van der Waals surface area (Å²) in [7, 11) is 0. The first-order valence-corrected chi connectivity index (χ1v) is 7.16. The van der Waals surface area contributed by atoms with E-state index in [1.165, 1.54) is 6.07 Å². The van der Waals surface area contributed by atoms with Crippen LogP contribution < -0.4 is 5.32 Å². The zero-order valence-electron chi connectivity index (χ0n) is 11.2. The van der Waals surface area contributed by atoms with Crippen molar-refractivity contribution in [3.05, 3.63) is 35.4 Å². The van der Waals surface area contributed by atoms with Crippen molar-refractivity contribution >= 4 is 5.91 Å². The molecule has 0 saturated carbocycles. The second-order valence-electron chi connectivity index (χ2n) is 5.54. The van der Waals surface area contributed by atoms with Crippen molar-refractivity contribution in [2.75, 3.05) is 13.1 Å². The maximum absolute atomic E-state index is 13.3. The molecule has 2 heterocycles. The smallest absolute Gasteiger partial charge is 0.254 e. The van der Waals surface area contributed by atoms with E-state index in [0.29, 0.717) is 12.6 Å². The summed E-state index contributed by atoms with van der Waals surface area (Å²) in [5, 5.41) is 3.43. The van der Waals surface area contributed by atoms with Crippen LogP contribution in [0.25, 0.3) is 0 Å². The normalized spacial score (nSPS) is 26.2. The number of carbonyl (C=O) groups excluding carboxylic acids is 1. The lowest BCUT2D eigenvalue weighted by molar-refractivity contribution is 0.0710. The Labute approximate surface area is 117 Å². The predicted octanol–water partition coefficient (Wildman–Crippen LogP) is 2.32. The number of halogens is 2. The molecule has 2 atom stereocenters. The second-order valence-corrected chi connectivity index (χ2v) is 5.54. The highest BCUT2D eigenvalue weighted by Crippen LogP contribution is 2.26. The first-order chi connectivity index (χ1) is 9.66. The lowest BCUT2D eigenvalue weighted by Gasteiger charge is -2.29. The van der Waals surface area contributed by atoms with Crippen molar-refractivity contribution in [2.24, 2.45) is 0 Å². The molecule has 2 unspecified atom stereocenters. The molecule has 1 aromatic carbocycles. The molecule has 2 fully saturated rings. The van der Waals surface area contributed by atoms with Gasteiger partial charge in [0.15, 0.2) is 11.6 Å². The lowest BCUT2D eigenvalue weighted by Crippen LogP contribution is -2.46. The number of likely N-dealkylation sites (tertiary alicyclic amines) is 1. The van der Waals surface area contributed by atoms with E-state index in [-0.39, 0.29) is 17.5 Å². The molecule has 0 aromatic heterocycles. The fraction of sp³-hybridized carbons (Fsp3) is 0.533. The Hall–Kier alpha value is -1.49. The molecule has 3 nitrogen and oxygen atoms in total. The van der Waals surface area contributed by atoms with Crippen LogP contribution in [0, 0.1) is 11.6 Å². The number of nitrogens with zero attached hydrogens (tertiary/aromatic N) is 1. The van der Waals surface area contributed by atoms with Gasteiger partial charge in [-0.1, -0.05) is 0 Å². The first-order valence-electron chi connectivity index (χ1n) is 7.16. The zero-order chi connectivity index (χ0) is 14.1. The highest BCUT2D eigenvalue weighted by atomic mass is 19.2. The van der Waals surface area contributed by atoms with E-state index in [4.69, 9.17) is 0 Å². The van der Waals surface area contributed by atoms with E-state index in [9.17, 15) is 13.6 Å². The number of amides is 1. The average molecular weight is 280 g/mol. The predicted molar refractivity (Wildman–Crippen MR) is 71.4 cm³/mol. The Morgan fingerprint density at radius 2 is 2.05 bits per heavy atom. The second kappa shape index (κ2) is 5.48. The van der Waals surface area contributed by atoms with Gasteiger partial charge in [0.2, 0.25) is 0 Å². The van der Waals surface area contributed by atoms with Crippen LogP contribution in [0.2, 0.25) is 0 Å². The summed E-state index contributed by atoms with van der Waals surface area (Å²) in [6.45, 7) is 1.69. The van der Waals surface area contributed by atoms with Gasteiger partial charge < -0.3 is 10.2 Å². The van der Waals surface area contributed by atoms with Crippen LogP contribution in [0.5, 0.6) is 0 Å². The third-order valence-corrected chi connectivity index (χ3v) is 4.29. The van der Waals surface area contributed by atoms with Gasteiger partial charge in [0, 0.05) is 24.2 Å². The lowest BCUT2D eigenvalue weighted by atomic mass is 10.0. The fourth-order valence-electron chi connectivity index (χ4n) is 3.30. The molecule has 20 heavy (non-hydrogen) atoms. The van der Waals surface area contributed by atoms with E-state index < -0.39 is 11.6 Å². The van der Waals surface area contributed by atoms with E-state index in [1.54, 1.807) is 0 Å². The number of hydrogen-bond donors (Lipinski definition) is 1. The maximum atomic E-state index is 13.3. The quantitative estimate of drug-likeness (QED) is 0.901. The Morgan fingerprint density at radius 3 is 2.75 bits per heavy atom. The van der Waals surface area contributed by atoms with Gasteiger partial charge in [-0.05, 0) is 50.4 Å². The molecule has 2 saturated heterocycles. The molecule has 0 radical (unpaired) electrons. The fourth-order valence-corrected chi connectivity index (χ4v) is 3.30. The van der Waals surface area contributed by atoms with E-state index in [1.807, 2.05) is 4.90 Å². The number of hydrogen-bond acceptors (Lipinski definition) is 2. The van der Waals surface area contributed by atoms with E-state index >= 15 is 0 Å². The molecule has 1 aromatic rings. The van der Waals surface area contributed by atoms with Crippen LogP contribution in [-0.2, 0) is 0 Å². The molecular formula is C15H18F2N2O. The summed E-state index contributed by atoms with van der Waals surface area (Å²) in [6, 6.07) is 3.89. The third-order valence-electron chi connectivity index (χ3n) is 4.29. The molecule has 2 aliphatic rings. The Morgan fingerprint density at radius 1 is 1.20 bits per heavy atom. The van der Waals surface area contributed by atoms with Crippen molar-refractivity contribution in [1.82, 2.24) is 10.2 Å². The number of carbonyl (C=O) groups is 1. The Bertz CT molecular complexity index is 515. The summed E-state index contributed by atoms with van der Waals surface area (Å²) >= 11 is 0. The van der Waals surface area contributed by atoms with Crippen LogP contribution in [0.4, 0.5) is 8.78 Å². The Balaban J connectivity index is 1.79. The van der Waals surface area contributed by atoms with Gasteiger partial charge >= 0.3 is 0 Å². The highest BCUT2D eigenvalue weighted by Gasteiger charge is 2.36. The highest BCUT2D eigenvalue weighted by molar-refractivity contribution is 5.94. The monoisotopic (exact) mass is 280 g/mol.